The van der Waals surface area contributed by atoms with Crippen LogP contribution in [0.5, 0.6) is 5.75 Å². The van der Waals surface area contributed by atoms with E-state index in [1.54, 1.807) is 47.9 Å². The van der Waals surface area contributed by atoms with Gasteiger partial charge in [0.05, 0.1) is 5.69 Å². The van der Waals surface area contributed by atoms with E-state index in [4.69, 9.17) is 4.74 Å². The van der Waals surface area contributed by atoms with Gasteiger partial charge in [-0.1, -0.05) is 6.07 Å². The Labute approximate surface area is 130 Å². The number of hydrogen-bond acceptors (Lipinski definition) is 5. The zero-order valence-electron chi connectivity index (χ0n) is 12.2. The Morgan fingerprint density at radius 1 is 1.30 bits per heavy atom. The van der Waals surface area contributed by atoms with Gasteiger partial charge in [-0.05, 0) is 42.4 Å². The lowest BCUT2D eigenvalue weighted by molar-refractivity contribution is -0.122. The number of carbonyl (C=O) groups is 1. The van der Waals surface area contributed by atoms with Crippen LogP contribution in [0.3, 0.4) is 0 Å². The minimum absolute atomic E-state index is 0.210. The highest BCUT2D eigenvalue weighted by atomic mass is 16.5. The molecule has 1 aliphatic rings. The average molecular weight is 308 g/mol. The van der Waals surface area contributed by atoms with Gasteiger partial charge >= 0.3 is 0 Å². The van der Waals surface area contributed by atoms with Crippen molar-refractivity contribution in [2.75, 3.05) is 5.32 Å². The molecule has 0 fully saturated rings. The fourth-order valence-corrected chi connectivity index (χ4v) is 2.62. The zero-order chi connectivity index (χ0) is 16.0. The van der Waals surface area contributed by atoms with Crippen molar-refractivity contribution in [2.45, 2.75) is 13.0 Å². The molecule has 114 valence electrons. The Balaban J connectivity index is 1.87. The summed E-state index contributed by atoms with van der Waals surface area (Å²) in [6, 6.07) is 10.7. The summed E-state index contributed by atoms with van der Waals surface area (Å²) in [5.41, 5.74) is 2.32. The minimum atomic E-state index is -0.532. The molecule has 23 heavy (non-hydrogen) atoms. The van der Waals surface area contributed by atoms with E-state index in [2.05, 4.69) is 15.5 Å². The summed E-state index contributed by atoms with van der Waals surface area (Å²) in [4.78, 5) is 27.5. The minimum Gasteiger partial charge on any atom is -0.479 e. The first-order valence-electron chi connectivity index (χ1n) is 7.10. The number of amides is 1. The van der Waals surface area contributed by atoms with Gasteiger partial charge in [0.15, 0.2) is 6.10 Å². The van der Waals surface area contributed by atoms with Crippen molar-refractivity contribution < 1.29 is 9.53 Å². The summed E-state index contributed by atoms with van der Waals surface area (Å²) in [6.07, 6.45) is 1.20. The molecule has 0 saturated carbocycles. The molecule has 3 aromatic rings. The molecule has 2 aromatic heterocycles. The first-order chi connectivity index (χ1) is 11.2. The molecule has 1 amide bonds. The number of benzene rings is 1. The number of hydrogen-bond donors (Lipinski definition) is 1. The van der Waals surface area contributed by atoms with Crippen LogP contribution in [0.15, 0.2) is 47.8 Å². The van der Waals surface area contributed by atoms with Crippen LogP contribution in [0.1, 0.15) is 6.92 Å². The normalized spacial score (nSPS) is 16.6. The first kappa shape index (κ1) is 13.4. The number of rotatable bonds is 2. The average Bonchev–Trinajstić information content (AvgIpc) is 2.94. The lowest BCUT2D eigenvalue weighted by atomic mass is 10.1. The maximum absolute atomic E-state index is 11.7. The topological polar surface area (TPSA) is 85.1 Å². The van der Waals surface area contributed by atoms with Gasteiger partial charge < -0.3 is 10.1 Å². The fourth-order valence-electron chi connectivity index (χ4n) is 2.62. The third-order valence-electron chi connectivity index (χ3n) is 3.78. The standard InChI is InChI=1S/C16H12N4O3/c1-9-16(21)17-11-8-10(5-6-12(11)23-9)14-15(19-22)20-7-3-2-4-13(20)18-14/h2-9H,1H3,(H,17,21). The number of carbonyl (C=O) groups excluding carboxylic acids is 1. The van der Waals surface area contributed by atoms with Crippen LogP contribution in [0.25, 0.3) is 16.9 Å². The summed E-state index contributed by atoms with van der Waals surface area (Å²) in [7, 11) is 0. The SMILES string of the molecule is CC1Oc2ccc(-c3nc4ccccn4c3N=O)cc2NC1=O. The molecule has 4 rings (SSSR count). The Kier molecular flexibility index (Phi) is 2.87. The van der Waals surface area contributed by atoms with E-state index in [1.807, 2.05) is 6.07 Å². The monoisotopic (exact) mass is 308 g/mol. The Bertz CT molecular complexity index is 948. The molecule has 1 N–H and O–H groups in total. The van der Waals surface area contributed by atoms with E-state index in [9.17, 15) is 9.70 Å². The number of pyridine rings is 1. The maximum atomic E-state index is 11.7. The summed E-state index contributed by atoms with van der Waals surface area (Å²) < 4.78 is 7.15. The molecular weight excluding hydrogens is 296 g/mol. The van der Waals surface area contributed by atoms with Gasteiger partial charge in [0.25, 0.3) is 5.91 Å². The second kappa shape index (κ2) is 4.91. The quantitative estimate of drug-likeness (QED) is 0.737. The van der Waals surface area contributed by atoms with E-state index in [1.165, 1.54) is 0 Å². The molecule has 0 saturated heterocycles. The number of fused-ring (bicyclic) bond motifs is 2. The van der Waals surface area contributed by atoms with Crippen LogP contribution >= 0.6 is 0 Å². The molecule has 7 nitrogen and oxygen atoms in total. The Hall–Kier alpha value is -3.22. The number of imidazole rings is 1. The second-order valence-electron chi connectivity index (χ2n) is 5.26. The van der Waals surface area contributed by atoms with Gasteiger partial charge in [-0.2, -0.15) is 0 Å². The van der Waals surface area contributed by atoms with Crippen LogP contribution in [-0.2, 0) is 4.79 Å². The Morgan fingerprint density at radius 2 is 2.17 bits per heavy atom. The summed E-state index contributed by atoms with van der Waals surface area (Å²) in [5.74, 6) is 0.598. The number of nitroso groups, excluding NO2 is 1. The van der Waals surface area contributed by atoms with Crippen molar-refractivity contribution in [3.63, 3.8) is 0 Å². The Morgan fingerprint density at radius 3 is 3.00 bits per heavy atom. The lowest BCUT2D eigenvalue weighted by Gasteiger charge is -2.23. The molecule has 0 radical (unpaired) electrons. The van der Waals surface area contributed by atoms with E-state index in [0.717, 1.165) is 0 Å². The van der Waals surface area contributed by atoms with Gasteiger partial charge in [-0.15, -0.1) is 4.91 Å². The summed E-state index contributed by atoms with van der Waals surface area (Å²) in [6.45, 7) is 1.68. The molecule has 7 heteroatoms. The molecule has 3 heterocycles. The van der Waals surface area contributed by atoms with Crippen molar-refractivity contribution in [2.24, 2.45) is 5.18 Å². The number of ether oxygens (including phenoxy) is 1. The number of nitrogens with zero attached hydrogens (tertiary/aromatic N) is 3. The van der Waals surface area contributed by atoms with Crippen molar-refractivity contribution in [1.82, 2.24) is 9.38 Å². The van der Waals surface area contributed by atoms with Crippen LogP contribution in [-0.4, -0.2) is 21.4 Å². The number of nitrogens with one attached hydrogen (secondary N) is 1. The van der Waals surface area contributed by atoms with Crippen LogP contribution in [0.4, 0.5) is 11.5 Å². The van der Waals surface area contributed by atoms with Gasteiger partial charge in [0.1, 0.15) is 17.1 Å². The van der Waals surface area contributed by atoms with E-state index in [0.29, 0.717) is 28.3 Å². The second-order valence-corrected chi connectivity index (χ2v) is 5.26. The molecule has 1 aliphatic heterocycles. The molecule has 0 spiro atoms. The third kappa shape index (κ3) is 2.05. The predicted molar refractivity (Wildman–Crippen MR) is 84.8 cm³/mol. The first-order valence-corrected chi connectivity index (χ1v) is 7.10. The van der Waals surface area contributed by atoms with Gasteiger partial charge in [-0.25, -0.2) is 4.98 Å². The van der Waals surface area contributed by atoms with E-state index in [-0.39, 0.29) is 11.7 Å². The number of anilines is 1. The highest BCUT2D eigenvalue weighted by Gasteiger charge is 2.24. The molecule has 1 unspecified atom stereocenters. The molecule has 0 bridgehead atoms. The smallest absolute Gasteiger partial charge is 0.265 e. The van der Waals surface area contributed by atoms with Crippen molar-refractivity contribution in [3.05, 3.63) is 47.5 Å². The summed E-state index contributed by atoms with van der Waals surface area (Å²) in [5, 5.41) is 5.89. The van der Waals surface area contributed by atoms with Crippen molar-refractivity contribution in [3.8, 4) is 17.0 Å². The maximum Gasteiger partial charge on any atom is 0.265 e. The van der Waals surface area contributed by atoms with Crippen molar-refractivity contribution >= 4 is 23.1 Å². The zero-order valence-corrected chi connectivity index (χ0v) is 12.2. The number of aromatic nitrogens is 2. The predicted octanol–water partition coefficient (Wildman–Crippen LogP) is 3.12. The van der Waals surface area contributed by atoms with Gasteiger partial charge in [-0.3, -0.25) is 9.20 Å². The highest BCUT2D eigenvalue weighted by molar-refractivity contribution is 5.98. The molecule has 1 atom stereocenters. The van der Waals surface area contributed by atoms with Crippen LogP contribution < -0.4 is 10.1 Å². The van der Waals surface area contributed by atoms with Gasteiger partial charge in [0.2, 0.25) is 5.82 Å². The highest BCUT2D eigenvalue weighted by Crippen LogP contribution is 2.37. The van der Waals surface area contributed by atoms with Crippen molar-refractivity contribution in [1.29, 1.82) is 0 Å². The van der Waals surface area contributed by atoms with E-state index >= 15 is 0 Å². The molecule has 1 aromatic carbocycles. The van der Waals surface area contributed by atoms with Gasteiger partial charge in [0, 0.05) is 11.8 Å². The largest absolute Gasteiger partial charge is 0.479 e. The molecule has 0 aliphatic carbocycles. The fraction of sp³-hybridized carbons (Fsp3) is 0.125. The summed E-state index contributed by atoms with van der Waals surface area (Å²) >= 11 is 0. The lowest BCUT2D eigenvalue weighted by Crippen LogP contribution is -2.34. The van der Waals surface area contributed by atoms with Crippen LogP contribution in [0, 0.1) is 4.91 Å². The third-order valence-corrected chi connectivity index (χ3v) is 3.78. The van der Waals surface area contributed by atoms with E-state index < -0.39 is 6.10 Å². The van der Waals surface area contributed by atoms with Crippen LogP contribution in [0.2, 0.25) is 0 Å². The molecular formula is C16H12N4O3.